The summed E-state index contributed by atoms with van der Waals surface area (Å²) in [7, 11) is -3.54. The van der Waals surface area contributed by atoms with Gasteiger partial charge >= 0.3 is 0 Å². The molecule has 0 fully saturated rings. The van der Waals surface area contributed by atoms with E-state index in [-0.39, 0.29) is 0 Å². The van der Waals surface area contributed by atoms with Crippen LogP contribution in [0.25, 0.3) is 0 Å². The van der Waals surface area contributed by atoms with Gasteiger partial charge in [0.2, 0.25) is 0 Å². The predicted octanol–water partition coefficient (Wildman–Crippen LogP) is 3.62. The van der Waals surface area contributed by atoms with Crippen LogP contribution in [0.1, 0.15) is 12.5 Å². The van der Waals surface area contributed by atoms with E-state index in [0.29, 0.717) is 22.1 Å². The summed E-state index contributed by atoms with van der Waals surface area (Å²) in [5.41, 5.74) is 7.78. The third-order valence-electron chi connectivity index (χ3n) is 2.85. The van der Waals surface area contributed by atoms with Gasteiger partial charge in [-0.2, -0.15) is 0 Å². The van der Waals surface area contributed by atoms with Crippen molar-refractivity contribution in [3.63, 3.8) is 0 Å². The highest BCUT2D eigenvalue weighted by Gasteiger charge is 2.26. The second-order valence-corrected chi connectivity index (χ2v) is 8.74. The minimum atomic E-state index is -3.54. The Bertz CT molecular complexity index is 689. The second-order valence-electron chi connectivity index (χ2n) is 4.28. The number of nitrogens with zero attached hydrogens (tertiary/aromatic N) is 1. The van der Waals surface area contributed by atoms with E-state index in [0.717, 1.165) is 9.35 Å². The quantitative estimate of drug-likeness (QED) is 0.831. The maximum atomic E-state index is 12.7. The lowest BCUT2D eigenvalue weighted by atomic mass is 10.3. The van der Waals surface area contributed by atoms with E-state index >= 15 is 0 Å². The van der Waals surface area contributed by atoms with E-state index in [2.05, 4.69) is 15.9 Å². The van der Waals surface area contributed by atoms with E-state index in [9.17, 15) is 8.42 Å². The molecule has 1 aromatic heterocycles. The zero-order chi connectivity index (χ0) is 14.9. The van der Waals surface area contributed by atoms with E-state index in [1.165, 1.54) is 15.6 Å². The van der Waals surface area contributed by atoms with Crippen LogP contribution in [-0.2, 0) is 10.0 Å². The normalized spacial score (nSPS) is 11.6. The molecule has 0 saturated heterocycles. The number of hydrogen-bond donors (Lipinski definition) is 1. The van der Waals surface area contributed by atoms with Gasteiger partial charge in [-0.3, -0.25) is 4.31 Å². The molecule has 0 amide bonds. The number of rotatable bonds is 4. The summed E-state index contributed by atoms with van der Waals surface area (Å²) >= 11 is 4.59. The molecular formula is C13H15BrN2O2S2. The molecule has 0 aliphatic rings. The summed E-state index contributed by atoms with van der Waals surface area (Å²) < 4.78 is 27.9. The summed E-state index contributed by atoms with van der Waals surface area (Å²) in [4.78, 5) is 0. The Kier molecular flexibility index (Phi) is 4.41. The van der Waals surface area contributed by atoms with Crippen LogP contribution in [-0.4, -0.2) is 15.0 Å². The van der Waals surface area contributed by atoms with Gasteiger partial charge in [-0.1, -0.05) is 0 Å². The molecule has 4 nitrogen and oxygen atoms in total. The highest BCUT2D eigenvalue weighted by atomic mass is 79.9. The molecule has 0 aliphatic carbocycles. The third kappa shape index (κ3) is 2.84. The Morgan fingerprint density at radius 2 is 1.90 bits per heavy atom. The minimum absolute atomic E-state index is 0.334. The first kappa shape index (κ1) is 15.3. The van der Waals surface area contributed by atoms with E-state index < -0.39 is 10.0 Å². The standard InChI is InChI=1S/C13H15BrN2O2S2/c1-3-16(11-6-4-10(15)5-7-11)20(17,18)12-8-9(2)13(14)19-12/h4-8H,3,15H2,1-2H3. The molecule has 0 radical (unpaired) electrons. The van der Waals surface area contributed by atoms with Crippen LogP contribution in [0.3, 0.4) is 0 Å². The first-order valence-electron chi connectivity index (χ1n) is 6.00. The molecule has 2 N–H and O–H groups in total. The van der Waals surface area contributed by atoms with Gasteiger partial charge in [0.1, 0.15) is 4.21 Å². The Balaban J connectivity index is 2.47. The van der Waals surface area contributed by atoms with E-state index in [1.807, 2.05) is 13.8 Å². The van der Waals surface area contributed by atoms with Gasteiger partial charge in [0.15, 0.2) is 0 Å². The van der Waals surface area contributed by atoms with Crippen molar-refractivity contribution in [2.75, 3.05) is 16.6 Å². The molecular weight excluding hydrogens is 360 g/mol. The molecule has 7 heteroatoms. The summed E-state index contributed by atoms with van der Waals surface area (Å²) in [6, 6.07) is 8.51. The van der Waals surface area contributed by atoms with Crippen LogP contribution in [0, 0.1) is 6.92 Å². The number of benzene rings is 1. The predicted molar refractivity (Wildman–Crippen MR) is 87.8 cm³/mol. The molecule has 0 spiro atoms. The van der Waals surface area contributed by atoms with Gasteiger partial charge < -0.3 is 5.73 Å². The van der Waals surface area contributed by atoms with Crippen molar-refractivity contribution in [2.45, 2.75) is 18.1 Å². The highest BCUT2D eigenvalue weighted by Crippen LogP contribution is 2.34. The Labute approximate surface area is 131 Å². The fourth-order valence-corrected chi connectivity index (χ4v) is 5.61. The molecule has 1 heterocycles. The van der Waals surface area contributed by atoms with Crippen molar-refractivity contribution < 1.29 is 8.42 Å². The molecule has 0 unspecified atom stereocenters. The van der Waals surface area contributed by atoms with E-state index in [4.69, 9.17) is 5.73 Å². The van der Waals surface area contributed by atoms with Crippen LogP contribution in [0.15, 0.2) is 38.3 Å². The van der Waals surface area contributed by atoms with Crippen molar-refractivity contribution in [3.05, 3.63) is 39.7 Å². The molecule has 1 aromatic carbocycles. The molecule has 0 atom stereocenters. The van der Waals surface area contributed by atoms with Crippen molar-refractivity contribution in [1.29, 1.82) is 0 Å². The van der Waals surface area contributed by atoms with Crippen LogP contribution in [0.2, 0.25) is 0 Å². The minimum Gasteiger partial charge on any atom is -0.399 e. The fraction of sp³-hybridized carbons (Fsp3) is 0.231. The first-order chi connectivity index (χ1) is 9.36. The van der Waals surface area contributed by atoms with Crippen LogP contribution < -0.4 is 10.0 Å². The number of nitrogen functional groups attached to an aromatic ring is 1. The second kappa shape index (κ2) is 5.75. The SMILES string of the molecule is CCN(c1ccc(N)cc1)S(=O)(=O)c1cc(C)c(Br)s1. The lowest BCUT2D eigenvalue weighted by molar-refractivity contribution is 0.594. The number of aryl methyl sites for hydroxylation is 1. The topological polar surface area (TPSA) is 63.4 Å². The van der Waals surface area contributed by atoms with E-state index in [1.54, 1.807) is 30.3 Å². The number of nitrogens with two attached hydrogens (primary N) is 1. The number of sulfonamides is 1. The Morgan fingerprint density at radius 1 is 1.30 bits per heavy atom. The van der Waals surface area contributed by atoms with Gasteiger partial charge in [-0.05, 0) is 65.7 Å². The van der Waals surface area contributed by atoms with Gasteiger partial charge in [-0.25, -0.2) is 8.42 Å². The lowest BCUT2D eigenvalue weighted by Crippen LogP contribution is -2.30. The number of hydrogen-bond acceptors (Lipinski definition) is 4. The average Bonchev–Trinajstić information content (AvgIpc) is 2.73. The maximum absolute atomic E-state index is 12.7. The maximum Gasteiger partial charge on any atom is 0.273 e. The summed E-state index contributed by atoms with van der Waals surface area (Å²) in [5.74, 6) is 0. The highest BCUT2D eigenvalue weighted by molar-refractivity contribution is 9.11. The molecule has 0 bridgehead atoms. The Morgan fingerprint density at radius 3 is 2.35 bits per heavy atom. The first-order valence-corrected chi connectivity index (χ1v) is 9.05. The van der Waals surface area contributed by atoms with Gasteiger partial charge in [0.05, 0.1) is 9.47 Å². The number of halogens is 1. The lowest BCUT2D eigenvalue weighted by Gasteiger charge is -2.22. The average molecular weight is 375 g/mol. The third-order valence-corrected chi connectivity index (χ3v) is 7.34. The Hall–Kier alpha value is -1.05. The summed E-state index contributed by atoms with van der Waals surface area (Å²) in [5, 5.41) is 0. The van der Waals surface area contributed by atoms with Crippen LogP contribution >= 0.6 is 27.3 Å². The number of anilines is 2. The largest absolute Gasteiger partial charge is 0.399 e. The van der Waals surface area contributed by atoms with Crippen LogP contribution in [0.5, 0.6) is 0 Å². The van der Waals surface area contributed by atoms with Crippen molar-refractivity contribution >= 4 is 48.7 Å². The molecule has 2 aromatic rings. The molecule has 20 heavy (non-hydrogen) atoms. The number of thiophene rings is 1. The molecule has 0 aliphatic heterocycles. The molecule has 0 saturated carbocycles. The van der Waals surface area contributed by atoms with Crippen molar-refractivity contribution in [3.8, 4) is 0 Å². The van der Waals surface area contributed by atoms with Gasteiger partial charge in [0.25, 0.3) is 10.0 Å². The fourth-order valence-electron chi connectivity index (χ4n) is 1.80. The van der Waals surface area contributed by atoms with Gasteiger partial charge in [-0.15, -0.1) is 11.3 Å². The van der Waals surface area contributed by atoms with Crippen molar-refractivity contribution in [1.82, 2.24) is 0 Å². The monoisotopic (exact) mass is 374 g/mol. The van der Waals surface area contributed by atoms with Crippen LogP contribution in [0.4, 0.5) is 11.4 Å². The summed E-state index contributed by atoms with van der Waals surface area (Å²) in [6.07, 6.45) is 0. The smallest absolute Gasteiger partial charge is 0.273 e. The van der Waals surface area contributed by atoms with Gasteiger partial charge in [0, 0.05) is 12.2 Å². The summed E-state index contributed by atoms with van der Waals surface area (Å²) in [6.45, 7) is 4.04. The van der Waals surface area contributed by atoms with Crippen molar-refractivity contribution in [2.24, 2.45) is 0 Å². The zero-order valence-corrected chi connectivity index (χ0v) is 14.3. The zero-order valence-electron chi connectivity index (χ0n) is 11.1. The molecule has 2 rings (SSSR count). The molecule has 108 valence electrons.